The second-order valence-electron chi connectivity index (χ2n) is 4.57. The highest BCUT2D eigenvalue weighted by molar-refractivity contribution is 5.65. The number of ether oxygens (including phenoxy) is 1. The Bertz CT molecular complexity index is 722. The normalized spacial score (nSPS) is 10.7. The molecule has 0 aliphatic rings. The van der Waals surface area contributed by atoms with Gasteiger partial charge < -0.3 is 14.5 Å². The number of fused-ring (bicyclic) bond motifs is 1. The van der Waals surface area contributed by atoms with Crippen LogP contribution in [0.3, 0.4) is 0 Å². The monoisotopic (exact) mass is 269 g/mol. The third-order valence-electron chi connectivity index (χ3n) is 3.23. The van der Waals surface area contributed by atoms with E-state index in [1.54, 1.807) is 7.11 Å². The zero-order valence-corrected chi connectivity index (χ0v) is 11.6. The van der Waals surface area contributed by atoms with Gasteiger partial charge in [-0.05, 0) is 37.3 Å². The highest BCUT2D eigenvalue weighted by atomic mass is 16.5. The van der Waals surface area contributed by atoms with Crippen molar-refractivity contribution >= 4 is 11.3 Å². The van der Waals surface area contributed by atoms with E-state index in [-0.39, 0.29) is 1.43 Å². The second-order valence-corrected chi connectivity index (χ2v) is 4.57. The van der Waals surface area contributed by atoms with E-state index in [1.807, 2.05) is 41.1 Å². The molecule has 3 rings (SSSR count). The van der Waals surface area contributed by atoms with Crippen LogP contribution in [0.15, 0.2) is 48.8 Å². The molecule has 0 spiro atoms. The van der Waals surface area contributed by atoms with E-state index in [0.717, 1.165) is 34.9 Å². The first-order valence-electron chi connectivity index (χ1n) is 6.67. The van der Waals surface area contributed by atoms with Crippen molar-refractivity contribution in [2.24, 2.45) is 0 Å². The number of nitrogens with zero attached hydrogens (tertiary/aromatic N) is 2. The van der Waals surface area contributed by atoms with E-state index in [4.69, 9.17) is 4.74 Å². The number of aromatic nitrogens is 2. The first-order valence-corrected chi connectivity index (χ1v) is 6.67. The minimum absolute atomic E-state index is 0. The van der Waals surface area contributed by atoms with Crippen LogP contribution in [0.25, 0.3) is 16.9 Å². The third kappa shape index (κ3) is 2.32. The number of methoxy groups -OCH3 is 1. The molecule has 4 heteroatoms. The van der Waals surface area contributed by atoms with Crippen LogP contribution in [0, 0.1) is 0 Å². The first kappa shape index (κ1) is 12.5. The highest BCUT2D eigenvalue weighted by Gasteiger charge is 2.05. The summed E-state index contributed by atoms with van der Waals surface area (Å²) in [6.07, 6.45) is 4.06. The lowest BCUT2D eigenvalue weighted by molar-refractivity contribution is 0.415. The molecular formula is C16H19N3O. The summed E-state index contributed by atoms with van der Waals surface area (Å²) in [5.74, 6) is 0.854. The van der Waals surface area contributed by atoms with Gasteiger partial charge in [0, 0.05) is 37.7 Å². The Morgan fingerprint density at radius 3 is 2.75 bits per heavy atom. The van der Waals surface area contributed by atoms with Gasteiger partial charge in [0.2, 0.25) is 0 Å². The van der Waals surface area contributed by atoms with Gasteiger partial charge in [0.1, 0.15) is 11.4 Å². The molecule has 1 N–H and O–H groups in total. The number of hydrogen-bond acceptors (Lipinski definition) is 3. The molecule has 0 saturated heterocycles. The van der Waals surface area contributed by atoms with E-state index in [2.05, 4.69) is 29.4 Å². The van der Waals surface area contributed by atoms with E-state index < -0.39 is 0 Å². The summed E-state index contributed by atoms with van der Waals surface area (Å²) >= 11 is 0. The smallest absolute Gasteiger partial charge is 0.139 e. The number of imidazole rings is 1. The van der Waals surface area contributed by atoms with Crippen LogP contribution in [0.4, 0.5) is 5.69 Å². The lowest BCUT2D eigenvalue weighted by Gasteiger charge is -2.02. The Hall–Kier alpha value is -2.49. The molecule has 0 atom stereocenters. The maximum atomic E-state index is 5.17. The van der Waals surface area contributed by atoms with Gasteiger partial charge in [-0.3, -0.25) is 0 Å². The number of nitrogens with one attached hydrogen (secondary N) is 1. The zero-order chi connectivity index (χ0) is 13.9. The Balaban J connectivity index is 0.00000161. The molecule has 20 heavy (non-hydrogen) atoms. The Labute approximate surface area is 119 Å². The average Bonchev–Trinajstić information content (AvgIpc) is 2.91. The van der Waals surface area contributed by atoms with Gasteiger partial charge in [0.25, 0.3) is 0 Å². The fraction of sp³-hybridized carbons (Fsp3) is 0.188. The topological polar surface area (TPSA) is 38.6 Å². The molecule has 0 saturated carbocycles. The van der Waals surface area contributed by atoms with Crippen LogP contribution >= 0.6 is 0 Å². The van der Waals surface area contributed by atoms with Gasteiger partial charge in [-0.2, -0.15) is 0 Å². The van der Waals surface area contributed by atoms with Gasteiger partial charge in [-0.1, -0.05) is 0 Å². The fourth-order valence-corrected chi connectivity index (χ4v) is 2.20. The van der Waals surface area contributed by atoms with Crippen LogP contribution in [-0.4, -0.2) is 23.0 Å². The molecule has 3 aromatic rings. The van der Waals surface area contributed by atoms with Crippen LogP contribution in [0.5, 0.6) is 5.75 Å². The molecule has 0 aliphatic carbocycles. The molecule has 2 heterocycles. The first-order chi connectivity index (χ1) is 9.80. The molecular weight excluding hydrogens is 250 g/mol. The molecule has 0 aliphatic heterocycles. The number of benzene rings is 1. The van der Waals surface area contributed by atoms with Crippen LogP contribution in [-0.2, 0) is 0 Å². The van der Waals surface area contributed by atoms with E-state index in [9.17, 15) is 0 Å². The molecule has 0 radical (unpaired) electrons. The standard InChI is InChI=1S/C16H17N3O.H2/c1-3-17-13-8-9-19-11-15(18-16(19)10-13)12-4-6-14(20-2)7-5-12;/h4-11,17H,3H2,1-2H3;1H. The molecule has 2 aromatic heterocycles. The van der Waals surface area contributed by atoms with Gasteiger partial charge in [0.15, 0.2) is 0 Å². The number of anilines is 1. The predicted molar refractivity (Wildman–Crippen MR) is 83.5 cm³/mol. The summed E-state index contributed by atoms with van der Waals surface area (Å²) in [5.41, 5.74) is 4.07. The molecule has 0 fully saturated rings. The Kier molecular flexibility index (Phi) is 3.29. The molecule has 4 nitrogen and oxygen atoms in total. The Morgan fingerprint density at radius 1 is 1.25 bits per heavy atom. The quantitative estimate of drug-likeness (QED) is 0.785. The van der Waals surface area contributed by atoms with E-state index in [1.165, 1.54) is 0 Å². The zero-order valence-electron chi connectivity index (χ0n) is 11.6. The molecule has 104 valence electrons. The lowest BCUT2D eigenvalue weighted by Crippen LogP contribution is -1.96. The van der Waals surface area contributed by atoms with Gasteiger partial charge >= 0.3 is 0 Å². The minimum Gasteiger partial charge on any atom is -0.497 e. The number of rotatable bonds is 4. The Morgan fingerprint density at radius 2 is 2.05 bits per heavy atom. The SMILES string of the molecule is CCNc1ccn2cc(-c3ccc(OC)cc3)nc2c1.[HH]. The summed E-state index contributed by atoms with van der Waals surface area (Å²) in [7, 11) is 1.67. The fourth-order valence-electron chi connectivity index (χ4n) is 2.20. The summed E-state index contributed by atoms with van der Waals surface area (Å²) in [6, 6.07) is 12.0. The number of pyridine rings is 1. The summed E-state index contributed by atoms with van der Waals surface area (Å²) in [4.78, 5) is 4.66. The number of hydrogen-bond donors (Lipinski definition) is 1. The molecule has 0 bridgehead atoms. The molecule has 0 amide bonds. The average molecular weight is 269 g/mol. The van der Waals surface area contributed by atoms with Crippen molar-refractivity contribution in [1.29, 1.82) is 0 Å². The summed E-state index contributed by atoms with van der Waals surface area (Å²) in [6.45, 7) is 2.99. The van der Waals surface area contributed by atoms with Crippen LogP contribution < -0.4 is 10.1 Å². The van der Waals surface area contributed by atoms with E-state index in [0.29, 0.717) is 0 Å². The molecule has 1 aromatic carbocycles. The van der Waals surface area contributed by atoms with Crippen molar-refractivity contribution in [3.63, 3.8) is 0 Å². The van der Waals surface area contributed by atoms with E-state index >= 15 is 0 Å². The largest absolute Gasteiger partial charge is 0.497 e. The minimum atomic E-state index is 0. The second kappa shape index (κ2) is 5.25. The maximum absolute atomic E-state index is 5.17. The summed E-state index contributed by atoms with van der Waals surface area (Å²) < 4.78 is 7.20. The van der Waals surface area contributed by atoms with Crippen LogP contribution in [0.1, 0.15) is 8.35 Å². The van der Waals surface area contributed by atoms with Crippen molar-refractivity contribution in [2.75, 3.05) is 19.0 Å². The third-order valence-corrected chi connectivity index (χ3v) is 3.23. The predicted octanol–water partition coefficient (Wildman–Crippen LogP) is 3.69. The highest BCUT2D eigenvalue weighted by Crippen LogP contribution is 2.23. The molecule has 0 unspecified atom stereocenters. The van der Waals surface area contributed by atoms with Crippen LogP contribution in [0.2, 0.25) is 0 Å². The summed E-state index contributed by atoms with van der Waals surface area (Å²) in [5, 5.41) is 3.29. The van der Waals surface area contributed by atoms with Crippen molar-refractivity contribution in [1.82, 2.24) is 9.38 Å². The van der Waals surface area contributed by atoms with Crippen molar-refractivity contribution < 1.29 is 6.16 Å². The van der Waals surface area contributed by atoms with Crippen molar-refractivity contribution in [2.45, 2.75) is 6.92 Å². The van der Waals surface area contributed by atoms with Gasteiger partial charge in [-0.25, -0.2) is 4.98 Å². The van der Waals surface area contributed by atoms with Crippen molar-refractivity contribution in [3.05, 3.63) is 48.8 Å². The lowest BCUT2D eigenvalue weighted by atomic mass is 10.2. The maximum Gasteiger partial charge on any atom is 0.139 e. The van der Waals surface area contributed by atoms with Crippen molar-refractivity contribution in [3.8, 4) is 17.0 Å². The van der Waals surface area contributed by atoms with Gasteiger partial charge in [0.05, 0.1) is 12.8 Å². The van der Waals surface area contributed by atoms with Gasteiger partial charge in [-0.15, -0.1) is 0 Å².